The van der Waals surface area contributed by atoms with Crippen molar-refractivity contribution < 1.29 is 9.21 Å². The van der Waals surface area contributed by atoms with Crippen LogP contribution in [-0.2, 0) is 0 Å². The van der Waals surface area contributed by atoms with Gasteiger partial charge in [0.05, 0.1) is 0 Å². The Balaban J connectivity index is 1.72. The van der Waals surface area contributed by atoms with Crippen molar-refractivity contribution in [2.75, 3.05) is 5.32 Å². The predicted molar refractivity (Wildman–Crippen MR) is 107 cm³/mol. The number of nitrogens with one attached hydrogen (secondary N) is 1. The molecule has 1 aromatic heterocycles. The van der Waals surface area contributed by atoms with Crippen molar-refractivity contribution in [3.8, 4) is 11.3 Å². The number of anilines is 1. The third-order valence-corrected chi connectivity index (χ3v) is 4.97. The van der Waals surface area contributed by atoms with E-state index in [1.54, 1.807) is 6.07 Å². The molecule has 0 fully saturated rings. The van der Waals surface area contributed by atoms with E-state index in [-0.39, 0.29) is 5.91 Å². The minimum absolute atomic E-state index is 0.239. The van der Waals surface area contributed by atoms with E-state index < -0.39 is 0 Å². The van der Waals surface area contributed by atoms with Crippen LogP contribution in [0.4, 0.5) is 5.69 Å². The van der Waals surface area contributed by atoms with Crippen LogP contribution in [0.25, 0.3) is 11.3 Å². The second-order valence-electron chi connectivity index (χ2n) is 6.85. The first-order valence-corrected chi connectivity index (χ1v) is 9.06. The van der Waals surface area contributed by atoms with Crippen molar-refractivity contribution in [3.63, 3.8) is 0 Å². The van der Waals surface area contributed by atoms with Gasteiger partial charge in [-0.15, -0.1) is 0 Å². The molecule has 0 unspecified atom stereocenters. The number of hydrogen-bond donors (Lipinski definition) is 1. The summed E-state index contributed by atoms with van der Waals surface area (Å²) in [4.78, 5) is 12.4. The van der Waals surface area contributed by atoms with E-state index >= 15 is 0 Å². The smallest absolute Gasteiger partial charge is 0.291 e. The molecule has 0 saturated carbocycles. The van der Waals surface area contributed by atoms with Gasteiger partial charge in [0.1, 0.15) is 5.76 Å². The fourth-order valence-corrected chi connectivity index (χ4v) is 2.83. The lowest BCUT2D eigenvalue weighted by atomic mass is 9.99. The van der Waals surface area contributed by atoms with Crippen LogP contribution in [0.3, 0.4) is 0 Å². The molecule has 1 amide bonds. The van der Waals surface area contributed by atoms with E-state index in [0.29, 0.717) is 17.4 Å². The molecule has 3 nitrogen and oxygen atoms in total. The zero-order chi connectivity index (χ0) is 18.7. The molecule has 3 rings (SSSR count). The highest BCUT2D eigenvalue weighted by molar-refractivity contribution is 6.02. The largest absolute Gasteiger partial charge is 0.451 e. The van der Waals surface area contributed by atoms with E-state index in [4.69, 9.17) is 4.42 Å². The SMILES string of the molecule is CC[C@H](C)c1ccc(NC(=O)c2ccc(-c3ccc(C)c(C)c3)o2)cc1. The first-order chi connectivity index (χ1) is 12.5. The zero-order valence-corrected chi connectivity index (χ0v) is 15.8. The summed E-state index contributed by atoms with van der Waals surface area (Å²) in [7, 11) is 0. The lowest BCUT2D eigenvalue weighted by Crippen LogP contribution is -2.10. The first-order valence-electron chi connectivity index (χ1n) is 9.06. The lowest BCUT2D eigenvalue weighted by molar-refractivity contribution is 0.0997. The Morgan fingerprint density at radius 2 is 1.73 bits per heavy atom. The maximum absolute atomic E-state index is 12.4. The summed E-state index contributed by atoms with van der Waals surface area (Å²) in [5, 5.41) is 2.89. The van der Waals surface area contributed by atoms with Crippen LogP contribution in [0.2, 0.25) is 0 Å². The molecule has 3 aromatic rings. The predicted octanol–water partition coefficient (Wildman–Crippen LogP) is 6.33. The van der Waals surface area contributed by atoms with Crippen LogP contribution in [0, 0.1) is 13.8 Å². The second kappa shape index (κ2) is 7.61. The minimum Gasteiger partial charge on any atom is -0.451 e. The molecule has 0 aliphatic rings. The van der Waals surface area contributed by atoms with Gasteiger partial charge in [0.2, 0.25) is 0 Å². The van der Waals surface area contributed by atoms with Gasteiger partial charge in [0.15, 0.2) is 5.76 Å². The van der Waals surface area contributed by atoms with Gasteiger partial charge in [-0.3, -0.25) is 4.79 Å². The van der Waals surface area contributed by atoms with Crippen molar-refractivity contribution in [2.24, 2.45) is 0 Å². The Morgan fingerprint density at radius 3 is 2.38 bits per heavy atom. The summed E-state index contributed by atoms with van der Waals surface area (Å²) in [6.45, 7) is 8.51. The Morgan fingerprint density at radius 1 is 1.00 bits per heavy atom. The zero-order valence-electron chi connectivity index (χ0n) is 15.8. The molecule has 0 spiro atoms. The molecular weight excluding hydrogens is 322 g/mol. The Bertz CT molecular complexity index is 906. The van der Waals surface area contributed by atoms with Gasteiger partial charge >= 0.3 is 0 Å². The summed E-state index contributed by atoms with van der Waals surface area (Å²) in [5.41, 5.74) is 5.46. The van der Waals surface area contributed by atoms with E-state index in [1.165, 1.54) is 16.7 Å². The average molecular weight is 347 g/mol. The summed E-state index contributed by atoms with van der Waals surface area (Å²) in [6, 6.07) is 17.7. The van der Waals surface area contributed by atoms with Gasteiger partial charge < -0.3 is 9.73 Å². The second-order valence-corrected chi connectivity index (χ2v) is 6.85. The van der Waals surface area contributed by atoms with E-state index in [1.807, 2.05) is 24.3 Å². The fourth-order valence-electron chi connectivity index (χ4n) is 2.83. The van der Waals surface area contributed by atoms with E-state index in [2.05, 4.69) is 57.3 Å². The lowest BCUT2D eigenvalue weighted by Gasteiger charge is -2.10. The van der Waals surface area contributed by atoms with Crippen molar-refractivity contribution in [2.45, 2.75) is 40.0 Å². The van der Waals surface area contributed by atoms with Gasteiger partial charge in [-0.2, -0.15) is 0 Å². The standard InChI is InChI=1S/C23H25NO2/c1-5-15(2)18-8-10-20(11-9-18)24-23(25)22-13-12-21(26-22)19-7-6-16(3)17(4)14-19/h6-15H,5H2,1-4H3,(H,24,25)/t15-/m0/s1. The third-order valence-electron chi connectivity index (χ3n) is 4.97. The summed E-state index contributed by atoms with van der Waals surface area (Å²) in [5.74, 6) is 1.29. The van der Waals surface area contributed by atoms with Gasteiger partial charge in [-0.1, -0.05) is 38.1 Å². The number of benzene rings is 2. The Kier molecular flexibility index (Phi) is 5.27. The van der Waals surface area contributed by atoms with E-state index in [0.717, 1.165) is 17.7 Å². The topological polar surface area (TPSA) is 42.2 Å². The summed E-state index contributed by atoms with van der Waals surface area (Å²) in [6.07, 6.45) is 1.10. The number of rotatable bonds is 5. The molecule has 3 heteroatoms. The molecule has 1 heterocycles. The Labute approximate surface area is 155 Å². The average Bonchev–Trinajstić information content (AvgIpc) is 3.14. The van der Waals surface area contributed by atoms with Gasteiger partial charge in [0.25, 0.3) is 5.91 Å². The molecule has 1 N–H and O–H groups in total. The highest BCUT2D eigenvalue weighted by atomic mass is 16.3. The highest BCUT2D eigenvalue weighted by Gasteiger charge is 2.13. The summed E-state index contributed by atoms with van der Waals surface area (Å²) >= 11 is 0. The van der Waals surface area contributed by atoms with Gasteiger partial charge in [-0.25, -0.2) is 0 Å². The first kappa shape index (κ1) is 18.0. The third kappa shape index (κ3) is 3.88. The van der Waals surface area contributed by atoms with Crippen molar-refractivity contribution >= 4 is 11.6 Å². The molecule has 2 aromatic carbocycles. The van der Waals surface area contributed by atoms with E-state index in [9.17, 15) is 4.79 Å². The molecular formula is C23H25NO2. The monoisotopic (exact) mass is 347 g/mol. The molecule has 1 atom stereocenters. The maximum atomic E-state index is 12.4. The molecule has 0 saturated heterocycles. The number of carbonyl (C=O) groups is 1. The highest BCUT2D eigenvalue weighted by Crippen LogP contribution is 2.25. The number of hydrogen-bond acceptors (Lipinski definition) is 2. The Hall–Kier alpha value is -2.81. The van der Waals surface area contributed by atoms with Crippen LogP contribution in [0.15, 0.2) is 59.0 Å². The van der Waals surface area contributed by atoms with Crippen molar-refractivity contribution in [1.82, 2.24) is 0 Å². The van der Waals surface area contributed by atoms with Crippen LogP contribution >= 0.6 is 0 Å². The molecule has 26 heavy (non-hydrogen) atoms. The minimum atomic E-state index is -0.239. The van der Waals surface area contributed by atoms with Crippen LogP contribution in [0.1, 0.15) is 53.4 Å². The summed E-state index contributed by atoms with van der Waals surface area (Å²) < 4.78 is 5.77. The van der Waals surface area contributed by atoms with Crippen molar-refractivity contribution in [3.05, 3.63) is 77.0 Å². The van der Waals surface area contributed by atoms with Crippen LogP contribution < -0.4 is 5.32 Å². The molecule has 134 valence electrons. The van der Waals surface area contributed by atoms with Crippen molar-refractivity contribution in [1.29, 1.82) is 0 Å². The molecule has 0 radical (unpaired) electrons. The quantitative estimate of drug-likeness (QED) is 0.586. The van der Waals surface area contributed by atoms with Gasteiger partial charge in [-0.05, 0) is 73.2 Å². The number of carbonyl (C=O) groups excluding carboxylic acids is 1. The van der Waals surface area contributed by atoms with Gasteiger partial charge in [0, 0.05) is 11.3 Å². The van der Waals surface area contributed by atoms with Crippen LogP contribution in [0.5, 0.6) is 0 Å². The molecule has 0 aliphatic carbocycles. The normalized spacial score (nSPS) is 12.0. The number of furan rings is 1. The fraction of sp³-hybridized carbons (Fsp3) is 0.261. The maximum Gasteiger partial charge on any atom is 0.291 e. The number of aryl methyl sites for hydroxylation is 2. The molecule has 0 aliphatic heterocycles. The molecule has 0 bridgehead atoms. The number of amides is 1. The van der Waals surface area contributed by atoms with Crippen LogP contribution in [-0.4, -0.2) is 5.91 Å².